The smallest absolute Gasteiger partial charge is 0.248 e. The van der Waals surface area contributed by atoms with Crippen LogP contribution in [0.3, 0.4) is 0 Å². The number of benzene rings is 2. The van der Waals surface area contributed by atoms with Gasteiger partial charge in [0.15, 0.2) is 0 Å². The van der Waals surface area contributed by atoms with Crippen LogP contribution in [0, 0.1) is 26.6 Å². The van der Waals surface area contributed by atoms with Gasteiger partial charge < -0.3 is 11.1 Å². The Bertz CT molecular complexity index is 695. The Balaban J connectivity index is 2.22. The molecule has 21 heavy (non-hydrogen) atoms. The molecular formula is C17H19FN2O. The van der Waals surface area contributed by atoms with E-state index in [-0.39, 0.29) is 11.3 Å². The van der Waals surface area contributed by atoms with E-state index in [0.29, 0.717) is 6.54 Å². The zero-order valence-electron chi connectivity index (χ0n) is 12.5. The van der Waals surface area contributed by atoms with Crippen LogP contribution < -0.4 is 11.1 Å². The maximum atomic E-state index is 13.8. The third-order valence-corrected chi connectivity index (χ3v) is 3.67. The number of amides is 1. The highest BCUT2D eigenvalue weighted by molar-refractivity contribution is 5.93. The van der Waals surface area contributed by atoms with Crippen LogP contribution in [0.1, 0.15) is 32.6 Å². The summed E-state index contributed by atoms with van der Waals surface area (Å²) in [7, 11) is 0. The van der Waals surface area contributed by atoms with Crippen LogP contribution in [0.4, 0.5) is 10.1 Å². The Kier molecular flexibility index (Phi) is 4.26. The monoisotopic (exact) mass is 286 g/mol. The number of hydrogen-bond acceptors (Lipinski definition) is 2. The molecule has 0 atom stereocenters. The fourth-order valence-electron chi connectivity index (χ4n) is 2.22. The van der Waals surface area contributed by atoms with E-state index < -0.39 is 11.7 Å². The number of hydrogen-bond donors (Lipinski definition) is 2. The summed E-state index contributed by atoms with van der Waals surface area (Å²) >= 11 is 0. The topological polar surface area (TPSA) is 55.1 Å². The first-order valence-electron chi connectivity index (χ1n) is 6.78. The van der Waals surface area contributed by atoms with E-state index in [9.17, 15) is 9.18 Å². The number of carbonyl (C=O) groups excluding carboxylic acids is 1. The van der Waals surface area contributed by atoms with E-state index in [1.54, 1.807) is 0 Å². The van der Waals surface area contributed by atoms with Gasteiger partial charge in [-0.05, 0) is 61.2 Å². The molecule has 0 saturated carbocycles. The molecule has 0 aliphatic carbocycles. The summed E-state index contributed by atoms with van der Waals surface area (Å²) in [6.45, 7) is 6.63. The third kappa shape index (κ3) is 3.40. The molecule has 0 unspecified atom stereocenters. The Hall–Kier alpha value is -2.36. The fraction of sp³-hybridized carbons (Fsp3) is 0.235. The quantitative estimate of drug-likeness (QED) is 0.904. The van der Waals surface area contributed by atoms with Gasteiger partial charge in [0.05, 0.1) is 5.69 Å². The average Bonchev–Trinajstić information content (AvgIpc) is 2.42. The maximum Gasteiger partial charge on any atom is 0.248 e. The number of aryl methyl sites for hydroxylation is 3. The van der Waals surface area contributed by atoms with E-state index in [0.717, 1.165) is 11.1 Å². The average molecular weight is 286 g/mol. The van der Waals surface area contributed by atoms with Crippen molar-refractivity contribution in [1.82, 2.24) is 0 Å². The number of halogens is 1. The Morgan fingerprint density at radius 1 is 1.10 bits per heavy atom. The molecule has 3 N–H and O–H groups in total. The summed E-state index contributed by atoms with van der Waals surface area (Å²) in [5.41, 5.74) is 10.5. The van der Waals surface area contributed by atoms with Gasteiger partial charge >= 0.3 is 0 Å². The normalized spacial score (nSPS) is 10.5. The number of anilines is 1. The number of rotatable bonds is 4. The van der Waals surface area contributed by atoms with Gasteiger partial charge in [-0.15, -0.1) is 0 Å². The van der Waals surface area contributed by atoms with E-state index in [4.69, 9.17) is 5.73 Å². The minimum absolute atomic E-state index is 0.281. The third-order valence-electron chi connectivity index (χ3n) is 3.67. The van der Waals surface area contributed by atoms with Crippen LogP contribution >= 0.6 is 0 Å². The summed E-state index contributed by atoms with van der Waals surface area (Å²) < 4.78 is 13.8. The summed E-state index contributed by atoms with van der Waals surface area (Å²) in [5, 5.41) is 3.03. The van der Waals surface area contributed by atoms with E-state index >= 15 is 0 Å². The van der Waals surface area contributed by atoms with Gasteiger partial charge in [-0.3, -0.25) is 4.79 Å². The lowest BCUT2D eigenvalue weighted by molar-refractivity contribution is 0.100. The Morgan fingerprint density at radius 3 is 2.43 bits per heavy atom. The van der Waals surface area contributed by atoms with Crippen molar-refractivity contribution in [2.75, 3.05) is 5.32 Å². The first-order chi connectivity index (χ1) is 9.88. The molecule has 0 aliphatic heterocycles. The molecule has 0 aromatic heterocycles. The van der Waals surface area contributed by atoms with Crippen LogP contribution in [-0.2, 0) is 6.54 Å². The van der Waals surface area contributed by atoms with E-state index in [1.807, 2.05) is 13.8 Å². The molecule has 0 spiro atoms. The molecule has 2 aromatic carbocycles. The van der Waals surface area contributed by atoms with Gasteiger partial charge in [0, 0.05) is 12.1 Å². The Labute approximate surface area is 124 Å². The molecule has 2 aromatic rings. The van der Waals surface area contributed by atoms with Crippen molar-refractivity contribution in [3.8, 4) is 0 Å². The van der Waals surface area contributed by atoms with Crippen molar-refractivity contribution in [2.24, 2.45) is 5.73 Å². The lowest BCUT2D eigenvalue weighted by atomic mass is 10.0. The summed E-state index contributed by atoms with van der Waals surface area (Å²) in [6.07, 6.45) is 0. The molecule has 0 heterocycles. The summed E-state index contributed by atoms with van der Waals surface area (Å²) in [4.78, 5) is 11.1. The second-order valence-corrected chi connectivity index (χ2v) is 5.28. The zero-order chi connectivity index (χ0) is 15.6. The van der Waals surface area contributed by atoms with Gasteiger partial charge in [-0.1, -0.05) is 12.1 Å². The number of primary amides is 1. The largest absolute Gasteiger partial charge is 0.379 e. The van der Waals surface area contributed by atoms with Crippen molar-refractivity contribution >= 4 is 11.6 Å². The highest BCUT2D eigenvalue weighted by atomic mass is 19.1. The SMILES string of the molecule is Cc1cc(C)c(CNc2cc(C(N)=O)ccc2F)cc1C. The fourth-order valence-corrected chi connectivity index (χ4v) is 2.22. The second-order valence-electron chi connectivity index (χ2n) is 5.28. The highest BCUT2D eigenvalue weighted by Crippen LogP contribution is 2.20. The summed E-state index contributed by atoms with van der Waals surface area (Å²) in [5.74, 6) is -0.970. The highest BCUT2D eigenvalue weighted by Gasteiger charge is 2.08. The van der Waals surface area contributed by atoms with Crippen molar-refractivity contribution < 1.29 is 9.18 Å². The summed E-state index contributed by atoms with van der Waals surface area (Å²) in [6, 6.07) is 8.27. The zero-order valence-corrected chi connectivity index (χ0v) is 12.5. The van der Waals surface area contributed by atoms with Crippen LogP contribution in [0.15, 0.2) is 30.3 Å². The van der Waals surface area contributed by atoms with Crippen LogP contribution in [0.2, 0.25) is 0 Å². The van der Waals surface area contributed by atoms with Crippen LogP contribution in [0.25, 0.3) is 0 Å². The number of nitrogens with one attached hydrogen (secondary N) is 1. The number of nitrogens with two attached hydrogens (primary N) is 1. The molecule has 0 aliphatic rings. The van der Waals surface area contributed by atoms with Crippen molar-refractivity contribution in [3.63, 3.8) is 0 Å². The second kappa shape index (κ2) is 5.95. The van der Waals surface area contributed by atoms with E-state index in [2.05, 4.69) is 24.4 Å². The first kappa shape index (κ1) is 15.0. The van der Waals surface area contributed by atoms with Gasteiger partial charge in [0.25, 0.3) is 0 Å². The maximum absolute atomic E-state index is 13.8. The van der Waals surface area contributed by atoms with Crippen molar-refractivity contribution in [2.45, 2.75) is 27.3 Å². The molecular weight excluding hydrogens is 267 g/mol. The molecule has 0 saturated heterocycles. The van der Waals surface area contributed by atoms with E-state index in [1.165, 1.54) is 29.3 Å². The van der Waals surface area contributed by atoms with Crippen LogP contribution in [0.5, 0.6) is 0 Å². The van der Waals surface area contributed by atoms with Crippen LogP contribution in [-0.4, -0.2) is 5.91 Å². The first-order valence-corrected chi connectivity index (χ1v) is 6.78. The molecule has 0 bridgehead atoms. The van der Waals surface area contributed by atoms with Gasteiger partial charge in [0.1, 0.15) is 5.82 Å². The minimum Gasteiger partial charge on any atom is -0.379 e. The van der Waals surface area contributed by atoms with Gasteiger partial charge in [0.2, 0.25) is 5.91 Å². The molecule has 1 amide bonds. The molecule has 0 fully saturated rings. The molecule has 0 radical (unpaired) electrons. The van der Waals surface area contributed by atoms with Crippen molar-refractivity contribution in [1.29, 1.82) is 0 Å². The minimum atomic E-state index is -0.569. The lowest BCUT2D eigenvalue weighted by Crippen LogP contribution is -2.12. The lowest BCUT2D eigenvalue weighted by Gasteiger charge is -2.13. The standard InChI is InChI=1S/C17H19FN2O/c1-10-6-12(3)14(7-11(10)2)9-20-16-8-13(17(19)21)4-5-15(16)18/h4-8,20H,9H2,1-3H3,(H2,19,21). The number of carbonyl (C=O) groups is 1. The predicted octanol–water partition coefficient (Wildman–Crippen LogP) is 3.46. The van der Waals surface area contributed by atoms with Gasteiger partial charge in [-0.25, -0.2) is 4.39 Å². The van der Waals surface area contributed by atoms with Gasteiger partial charge in [-0.2, -0.15) is 0 Å². The molecule has 4 heteroatoms. The predicted molar refractivity (Wildman–Crippen MR) is 82.9 cm³/mol. The Morgan fingerprint density at radius 2 is 1.76 bits per heavy atom. The molecule has 110 valence electrons. The molecule has 3 nitrogen and oxygen atoms in total. The van der Waals surface area contributed by atoms with Crippen molar-refractivity contribution in [3.05, 3.63) is 64.0 Å². The molecule has 2 rings (SSSR count).